The predicted molar refractivity (Wildman–Crippen MR) is 119 cm³/mol. The van der Waals surface area contributed by atoms with Crippen LogP contribution in [0.2, 0.25) is 0 Å². The van der Waals surface area contributed by atoms with Crippen LogP contribution < -0.4 is 10.1 Å². The van der Waals surface area contributed by atoms with Crippen LogP contribution in [-0.4, -0.2) is 52.3 Å². The zero-order valence-electron chi connectivity index (χ0n) is 18.9. The maximum Gasteiger partial charge on any atom is 0.255 e. The van der Waals surface area contributed by atoms with Crippen LogP contribution in [0.1, 0.15) is 52.1 Å². The standard InChI is InChI=1S/C22H33FN6O2/c1-6-30-17-9-7-16(8-10-17)13-31-20-18(23)11-25-21(27-20)26-19-12-29(28-15(19)2)22(3,4)14-24-5/h11-12,16-17H,5-10,13-14H2,1-4H3,(H,25,26,27). The van der Waals surface area contributed by atoms with E-state index in [1.807, 2.05) is 38.6 Å². The van der Waals surface area contributed by atoms with Gasteiger partial charge in [-0.3, -0.25) is 9.67 Å². The van der Waals surface area contributed by atoms with Crippen LogP contribution >= 0.6 is 0 Å². The lowest BCUT2D eigenvalue weighted by Crippen LogP contribution is -2.30. The molecule has 31 heavy (non-hydrogen) atoms. The minimum atomic E-state index is -0.570. The lowest BCUT2D eigenvalue weighted by Gasteiger charge is -2.28. The third-order valence-electron chi connectivity index (χ3n) is 5.63. The van der Waals surface area contributed by atoms with Gasteiger partial charge in [-0.25, -0.2) is 4.98 Å². The quantitative estimate of drug-likeness (QED) is 0.564. The SMILES string of the molecule is C=NCC(C)(C)n1cc(Nc2ncc(F)c(OCC3CCC(OCC)CC3)n2)c(C)n1. The van der Waals surface area contributed by atoms with Crippen LogP contribution in [0.3, 0.4) is 0 Å². The lowest BCUT2D eigenvalue weighted by molar-refractivity contribution is 0.0194. The Kier molecular flexibility index (Phi) is 7.59. The minimum Gasteiger partial charge on any atom is -0.475 e. The lowest BCUT2D eigenvalue weighted by atomic mass is 9.88. The molecule has 8 nitrogen and oxygen atoms in total. The minimum absolute atomic E-state index is 0.0364. The number of halogens is 1. The summed E-state index contributed by atoms with van der Waals surface area (Å²) >= 11 is 0. The van der Waals surface area contributed by atoms with E-state index >= 15 is 0 Å². The number of hydrogen-bond acceptors (Lipinski definition) is 7. The number of ether oxygens (including phenoxy) is 2. The molecule has 0 amide bonds. The number of rotatable bonds is 10. The first-order valence-electron chi connectivity index (χ1n) is 10.9. The summed E-state index contributed by atoms with van der Waals surface area (Å²) in [6.07, 6.45) is 7.38. The van der Waals surface area contributed by atoms with E-state index in [1.165, 1.54) is 0 Å². The van der Waals surface area contributed by atoms with Crippen LogP contribution in [-0.2, 0) is 10.3 Å². The van der Waals surface area contributed by atoms with Gasteiger partial charge in [-0.1, -0.05) is 0 Å². The van der Waals surface area contributed by atoms with E-state index in [0.717, 1.165) is 49.9 Å². The van der Waals surface area contributed by atoms with Gasteiger partial charge in [-0.15, -0.1) is 0 Å². The molecule has 0 bridgehead atoms. The highest BCUT2D eigenvalue weighted by Crippen LogP contribution is 2.28. The predicted octanol–water partition coefficient (Wildman–Crippen LogP) is 4.27. The summed E-state index contributed by atoms with van der Waals surface area (Å²) in [4.78, 5) is 12.3. The van der Waals surface area contributed by atoms with E-state index < -0.39 is 5.82 Å². The molecule has 9 heteroatoms. The maximum absolute atomic E-state index is 14.2. The molecule has 1 aliphatic carbocycles. The van der Waals surface area contributed by atoms with E-state index in [4.69, 9.17) is 9.47 Å². The van der Waals surface area contributed by atoms with Gasteiger partial charge in [0.15, 0.2) is 0 Å². The summed E-state index contributed by atoms with van der Waals surface area (Å²) in [5.74, 6) is 0.0345. The molecule has 3 rings (SSSR count). The molecule has 1 aliphatic rings. The van der Waals surface area contributed by atoms with Crippen LogP contribution in [0.4, 0.5) is 16.0 Å². The average Bonchev–Trinajstić information content (AvgIpc) is 3.11. The van der Waals surface area contributed by atoms with Gasteiger partial charge in [0.25, 0.3) is 5.88 Å². The van der Waals surface area contributed by atoms with Crippen molar-refractivity contribution in [3.05, 3.63) is 23.9 Å². The second-order valence-electron chi connectivity index (χ2n) is 8.65. The van der Waals surface area contributed by atoms with Crippen molar-refractivity contribution < 1.29 is 13.9 Å². The first-order valence-corrected chi connectivity index (χ1v) is 10.9. The van der Waals surface area contributed by atoms with Crippen molar-refractivity contribution in [2.75, 3.05) is 25.1 Å². The summed E-state index contributed by atoms with van der Waals surface area (Å²) in [5.41, 5.74) is 1.20. The Balaban J connectivity index is 1.63. The van der Waals surface area contributed by atoms with E-state index in [9.17, 15) is 4.39 Å². The van der Waals surface area contributed by atoms with Crippen LogP contribution in [0, 0.1) is 18.7 Å². The van der Waals surface area contributed by atoms with Gasteiger partial charge < -0.3 is 14.8 Å². The average molecular weight is 433 g/mol. The molecule has 0 aliphatic heterocycles. The van der Waals surface area contributed by atoms with Gasteiger partial charge in [0, 0.05) is 12.8 Å². The Labute approximate surface area is 183 Å². The number of aryl methyl sites for hydroxylation is 1. The van der Waals surface area contributed by atoms with E-state index in [0.29, 0.717) is 25.2 Å². The molecule has 1 saturated carbocycles. The van der Waals surface area contributed by atoms with Gasteiger partial charge in [0.05, 0.1) is 42.4 Å². The van der Waals surface area contributed by atoms with Gasteiger partial charge in [0.1, 0.15) is 0 Å². The number of nitrogens with zero attached hydrogens (tertiary/aromatic N) is 5. The fourth-order valence-corrected chi connectivity index (χ4v) is 3.77. The molecule has 0 radical (unpaired) electrons. The molecule has 2 aromatic rings. The maximum atomic E-state index is 14.2. The molecule has 2 heterocycles. The molecule has 2 aromatic heterocycles. The Hall–Kier alpha value is -2.55. The molecule has 0 aromatic carbocycles. The second kappa shape index (κ2) is 10.2. The summed E-state index contributed by atoms with van der Waals surface area (Å²) in [5, 5.41) is 7.67. The Bertz CT molecular complexity index is 877. The third kappa shape index (κ3) is 6.00. The summed E-state index contributed by atoms with van der Waals surface area (Å²) in [6.45, 7) is 13.2. The Morgan fingerprint density at radius 1 is 1.32 bits per heavy atom. The highest BCUT2D eigenvalue weighted by molar-refractivity contribution is 5.55. The molecule has 170 valence electrons. The number of aliphatic imine (C=N–C) groups is 1. The molecule has 1 fully saturated rings. The monoisotopic (exact) mass is 432 g/mol. The van der Waals surface area contributed by atoms with Crippen LogP contribution in [0.25, 0.3) is 0 Å². The molecule has 0 atom stereocenters. The molecule has 0 unspecified atom stereocenters. The molecular weight excluding hydrogens is 399 g/mol. The van der Waals surface area contributed by atoms with Gasteiger partial charge >= 0.3 is 0 Å². The van der Waals surface area contributed by atoms with Crippen molar-refractivity contribution in [1.82, 2.24) is 19.7 Å². The molecule has 0 saturated heterocycles. The first-order chi connectivity index (χ1) is 14.8. The number of anilines is 2. The number of aromatic nitrogens is 4. The van der Waals surface area contributed by atoms with Crippen molar-refractivity contribution >= 4 is 18.4 Å². The van der Waals surface area contributed by atoms with Gasteiger partial charge in [-0.2, -0.15) is 14.5 Å². The second-order valence-corrected chi connectivity index (χ2v) is 8.65. The van der Waals surface area contributed by atoms with Crippen molar-refractivity contribution in [1.29, 1.82) is 0 Å². The van der Waals surface area contributed by atoms with Gasteiger partial charge in [-0.05, 0) is 66.0 Å². The fraction of sp³-hybridized carbons (Fsp3) is 0.636. The largest absolute Gasteiger partial charge is 0.475 e. The number of nitrogens with one attached hydrogen (secondary N) is 1. The van der Waals surface area contributed by atoms with E-state index in [2.05, 4.69) is 32.1 Å². The third-order valence-corrected chi connectivity index (χ3v) is 5.63. The zero-order valence-corrected chi connectivity index (χ0v) is 18.9. The highest BCUT2D eigenvalue weighted by Gasteiger charge is 2.24. The van der Waals surface area contributed by atoms with Crippen molar-refractivity contribution in [2.24, 2.45) is 10.9 Å². The Morgan fingerprint density at radius 2 is 2.06 bits per heavy atom. The van der Waals surface area contributed by atoms with Crippen molar-refractivity contribution in [3.8, 4) is 5.88 Å². The molecule has 1 N–H and O–H groups in total. The molecular formula is C22H33FN6O2. The van der Waals surface area contributed by atoms with Crippen molar-refractivity contribution in [3.63, 3.8) is 0 Å². The fourth-order valence-electron chi connectivity index (χ4n) is 3.77. The smallest absolute Gasteiger partial charge is 0.255 e. The normalized spacial score (nSPS) is 19.3. The summed E-state index contributed by atoms with van der Waals surface area (Å²) in [6, 6.07) is 0. The topological polar surface area (TPSA) is 86.5 Å². The van der Waals surface area contributed by atoms with Crippen LogP contribution in [0.5, 0.6) is 5.88 Å². The highest BCUT2D eigenvalue weighted by atomic mass is 19.1. The first kappa shape index (κ1) is 23.1. The number of hydrogen-bond donors (Lipinski definition) is 1. The summed E-state index contributed by atoms with van der Waals surface area (Å²) in [7, 11) is 0. The van der Waals surface area contributed by atoms with E-state index in [1.54, 1.807) is 0 Å². The van der Waals surface area contributed by atoms with Gasteiger partial charge in [0.2, 0.25) is 11.8 Å². The van der Waals surface area contributed by atoms with Crippen molar-refractivity contribution in [2.45, 2.75) is 65.0 Å². The summed E-state index contributed by atoms with van der Waals surface area (Å²) < 4.78 is 27.5. The molecule has 0 spiro atoms. The zero-order chi connectivity index (χ0) is 22.4. The van der Waals surface area contributed by atoms with E-state index in [-0.39, 0.29) is 17.4 Å². The van der Waals surface area contributed by atoms with Crippen LogP contribution in [0.15, 0.2) is 17.4 Å². The Morgan fingerprint density at radius 3 is 2.74 bits per heavy atom.